The van der Waals surface area contributed by atoms with Crippen molar-refractivity contribution in [3.63, 3.8) is 0 Å². The molecule has 1 amide bonds. The van der Waals surface area contributed by atoms with Crippen LogP contribution in [0.15, 0.2) is 48.8 Å². The van der Waals surface area contributed by atoms with Gasteiger partial charge < -0.3 is 9.88 Å². The average Bonchev–Trinajstić information content (AvgIpc) is 3.02. The molecule has 0 radical (unpaired) electrons. The molecule has 1 heterocycles. The number of aromatic amines is 1. The maximum atomic E-state index is 13.9. The molecule has 0 spiro atoms. The van der Waals surface area contributed by atoms with Crippen molar-refractivity contribution in [1.82, 2.24) is 14.9 Å². The van der Waals surface area contributed by atoms with Crippen LogP contribution in [0.4, 0.5) is 4.39 Å². The number of carbonyl (C=O) groups excluding carboxylic acids is 1. The number of imidazole rings is 1. The van der Waals surface area contributed by atoms with Gasteiger partial charge in [0, 0.05) is 7.05 Å². The number of nitrogens with zero attached hydrogens (tertiary/aromatic N) is 2. The Hall–Kier alpha value is -2.69. The molecule has 1 atom stereocenters. The molecule has 24 heavy (non-hydrogen) atoms. The molecule has 3 rings (SSSR count). The van der Waals surface area contributed by atoms with Gasteiger partial charge in [0.15, 0.2) is 0 Å². The summed E-state index contributed by atoms with van der Waals surface area (Å²) in [5.41, 5.74) is 2.34. The molecule has 5 heteroatoms. The van der Waals surface area contributed by atoms with Gasteiger partial charge in [-0.15, -0.1) is 0 Å². The van der Waals surface area contributed by atoms with Gasteiger partial charge in [0.1, 0.15) is 11.3 Å². The van der Waals surface area contributed by atoms with Crippen LogP contribution in [0.1, 0.15) is 35.8 Å². The second kappa shape index (κ2) is 6.43. The number of benzene rings is 2. The predicted molar refractivity (Wildman–Crippen MR) is 92.2 cm³/mol. The van der Waals surface area contributed by atoms with Crippen LogP contribution in [0.2, 0.25) is 0 Å². The van der Waals surface area contributed by atoms with E-state index >= 15 is 0 Å². The second-order valence-electron chi connectivity index (χ2n) is 6.27. The number of hydrogen-bond acceptors (Lipinski definition) is 2. The Morgan fingerprint density at radius 2 is 1.92 bits per heavy atom. The number of hydrogen-bond donors (Lipinski definition) is 1. The van der Waals surface area contributed by atoms with Gasteiger partial charge in [-0.3, -0.25) is 4.79 Å². The Balaban J connectivity index is 2.02. The number of H-pyrrole nitrogens is 1. The topological polar surface area (TPSA) is 49.0 Å². The normalized spacial score (nSPS) is 12.5. The quantitative estimate of drug-likeness (QED) is 0.782. The highest BCUT2D eigenvalue weighted by molar-refractivity contribution is 6.04. The Kier molecular flexibility index (Phi) is 4.34. The zero-order valence-electron chi connectivity index (χ0n) is 14.0. The Morgan fingerprint density at radius 1 is 1.21 bits per heavy atom. The predicted octanol–water partition coefficient (Wildman–Crippen LogP) is 4.17. The van der Waals surface area contributed by atoms with E-state index in [-0.39, 0.29) is 23.4 Å². The van der Waals surface area contributed by atoms with Crippen molar-refractivity contribution in [2.45, 2.75) is 19.9 Å². The molecule has 0 saturated heterocycles. The summed E-state index contributed by atoms with van der Waals surface area (Å²) in [6.45, 7) is 4.13. The number of aromatic nitrogens is 2. The van der Waals surface area contributed by atoms with Gasteiger partial charge in [-0.25, -0.2) is 9.37 Å². The summed E-state index contributed by atoms with van der Waals surface area (Å²) in [6.07, 6.45) is 1.47. The lowest BCUT2D eigenvalue weighted by atomic mass is 9.94. The van der Waals surface area contributed by atoms with Gasteiger partial charge in [0.05, 0.1) is 23.4 Å². The first-order chi connectivity index (χ1) is 11.5. The monoisotopic (exact) mass is 325 g/mol. The fourth-order valence-electron chi connectivity index (χ4n) is 3.20. The minimum atomic E-state index is -0.454. The van der Waals surface area contributed by atoms with Crippen LogP contribution in [-0.4, -0.2) is 27.8 Å². The van der Waals surface area contributed by atoms with E-state index in [1.165, 1.54) is 18.5 Å². The standard InChI is InChI=1S/C19H20FN3O/c1-12(2)18(13-7-5-4-6-8-13)23(3)19(24)15-9-14(20)10-16-17(15)22-11-21-16/h4-12,18H,1-3H3,(H,21,22). The van der Waals surface area contributed by atoms with E-state index < -0.39 is 5.82 Å². The number of rotatable bonds is 4. The maximum absolute atomic E-state index is 13.9. The van der Waals surface area contributed by atoms with Crippen LogP contribution in [0.25, 0.3) is 11.0 Å². The second-order valence-corrected chi connectivity index (χ2v) is 6.27. The van der Waals surface area contributed by atoms with Crippen LogP contribution in [0, 0.1) is 11.7 Å². The molecule has 2 aromatic carbocycles. The zero-order valence-corrected chi connectivity index (χ0v) is 14.0. The minimum absolute atomic E-state index is 0.101. The van der Waals surface area contributed by atoms with E-state index in [0.717, 1.165) is 5.56 Å². The van der Waals surface area contributed by atoms with Gasteiger partial charge in [-0.2, -0.15) is 0 Å². The van der Waals surface area contributed by atoms with E-state index in [1.54, 1.807) is 11.9 Å². The van der Waals surface area contributed by atoms with E-state index in [2.05, 4.69) is 23.8 Å². The largest absolute Gasteiger partial charge is 0.344 e. The Bertz CT molecular complexity index is 857. The highest BCUT2D eigenvalue weighted by Gasteiger charge is 2.27. The van der Waals surface area contributed by atoms with E-state index in [0.29, 0.717) is 11.0 Å². The number of fused-ring (bicyclic) bond motifs is 1. The lowest BCUT2D eigenvalue weighted by molar-refractivity contribution is 0.0688. The third-order valence-corrected chi connectivity index (χ3v) is 4.23. The van der Waals surface area contributed by atoms with Gasteiger partial charge in [-0.05, 0) is 23.6 Å². The minimum Gasteiger partial charge on any atom is -0.344 e. The van der Waals surface area contributed by atoms with Crippen LogP contribution in [-0.2, 0) is 0 Å². The first-order valence-electron chi connectivity index (χ1n) is 7.93. The summed E-state index contributed by atoms with van der Waals surface area (Å²) in [6, 6.07) is 12.4. The average molecular weight is 325 g/mol. The van der Waals surface area contributed by atoms with Crippen LogP contribution >= 0.6 is 0 Å². The zero-order chi connectivity index (χ0) is 17.3. The lowest BCUT2D eigenvalue weighted by Gasteiger charge is -2.32. The molecule has 1 unspecified atom stereocenters. The number of carbonyl (C=O) groups is 1. The third-order valence-electron chi connectivity index (χ3n) is 4.23. The maximum Gasteiger partial charge on any atom is 0.256 e. The Morgan fingerprint density at radius 3 is 2.58 bits per heavy atom. The van der Waals surface area contributed by atoms with E-state index in [9.17, 15) is 9.18 Å². The van der Waals surface area contributed by atoms with Crippen LogP contribution in [0.3, 0.4) is 0 Å². The number of halogens is 1. The fraction of sp³-hybridized carbons (Fsp3) is 0.263. The smallest absolute Gasteiger partial charge is 0.256 e. The van der Waals surface area contributed by atoms with Crippen molar-refractivity contribution in [1.29, 1.82) is 0 Å². The molecule has 0 fully saturated rings. The molecule has 0 aliphatic heterocycles. The Labute approximate surface area is 140 Å². The number of nitrogens with one attached hydrogen (secondary N) is 1. The molecule has 3 aromatic rings. The van der Waals surface area contributed by atoms with Crippen LogP contribution < -0.4 is 0 Å². The molecule has 0 aliphatic carbocycles. The fourth-order valence-corrected chi connectivity index (χ4v) is 3.20. The molecule has 124 valence electrons. The van der Waals surface area contributed by atoms with Crippen molar-refractivity contribution in [2.24, 2.45) is 5.92 Å². The summed E-state index contributed by atoms with van der Waals surface area (Å²) in [5.74, 6) is -0.483. The van der Waals surface area contributed by atoms with Crippen molar-refractivity contribution < 1.29 is 9.18 Å². The molecule has 0 saturated carbocycles. The number of amides is 1. The third kappa shape index (κ3) is 2.89. The van der Waals surface area contributed by atoms with Gasteiger partial charge in [0.2, 0.25) is 0 Å². The SMILES string of the molecule is CC(C)C(c1ccccc1)N(C)C(=O)c1cc(F)cc2[nH]cnc12. The molecular weight excluding hydrogens is 305 g/mol. The first kappa shape index (κ1) is 16.2. The summed E-state index contributed by atoms with van der Waals surface area (Å²) in [4.78, 5) is 21.7. The summed E-state index contributed by atoms with van der Waals surface area (Å²) in [5, 5.41) is 0. The van der Waals surface area contributed by atoms with Crippen LogP contribution in [0.5, 0.6) is 0 Å². The molecule has 1 N–H and O–H groups in total. The lowest BCUT2D eigenvalue weighted by Crippen LogP contribution is -2.34. The van der Waals surface area contributed by atoms with Crippen molar-refractivity contribution in [3.8, 4) is 0 Å². The van der Waals surface area contributed by atoms with Gasteiger partial charge in [-0.1, -0.05) is 44.2 Å². The molecule has 1 aromatic heterocycles. The van der Waals surface area contributed by atoms with Crippen molar-refractivity contribution in [2.75, 3.05) is 7.05 Å². The highest BCUT2D eigenvalue weighted by atomic mass is 19.1. The molecule has 4 nitrogen and oxygen atoms in total. The highest BCUT2D eigenvalue weighted by Crippen LogP contribution is 2.30. The molecule has 0 bridgehead atoms. The van der Waals surface area contributed by atoms with Crippen molar-refractivity contribution in [3.05, 3.63) is 65.7 Å². The van der Waals surface area contributed by atoms with E-state index in [4.69, 9.17) is 0 Å². The van der Waals surface area contributed by atoms with Crippen molar-refractivity contribution >= 4 is 16.9 Å². The molecular formula is C19H20FN3O. The summed E-state index contributed by atoms with van der Waals surface area (Å²) < 4.78 is 13.9. The molecule has 0 aliphatic rings. The summed E-state index contributed by atoms with van der Waals surface area (Å²) in [7, 11) is 1.75. The van der Waals surface area contributed by atoms with Gasteiger partial charge in [0.25, 0.3) is 5.91 Å². The first-order valence-corrected chi connectivity index (χ1v) is 7.93. The van der Waals surface area contributed by atoms with Gasteiger partial charge >= 0.3 is 0 Å². The summed E-state index contributed by atoms with van der Waals surface area (Å²) >= 11 is 0. The van der Waals surface area contributed by atoms with E-state index in [1.807, 2.05) is 30.3 Å².